The molecule has 0 aliphatic rings. The van der Waals surface area contributed by atoms with Crippen molar-refractivity contribution in [2.75, 3.05) is 19.8 Å². The highest BCUT2D eigenvalue weighted by Crippen LogP contribution is 2.10. The third-order valence-corrected chi connectivity index (χ3v) is 3.09. The second kappa shape index (κ2) is 15.9. The molecule has 0 atom stereocenters. The molecule has 2 nitrogen and oxygen atoms in total. The van der Waals surface area contributed by atoms with Gasteiger partial charge in [0.25, 0.3) is 0 Å². The van der Waals surface area contributed by atoms with Crippen molar-refractivity contribution in [3.8, 4) is 0 Å². The Morgan fingerprint density at radius 1 is 0.647 bits per heavy atom. The van der Waals surface area contributed by atoms with Gasteiger partial charge in [-0.2, -0.15) is 0 Å². The molecule has 0 aromatic carbocycles. The summed E-state index contributed by atoms with van der Waals surface area (Å²) in [5.74, 6) is 0. The van der Waals surface area contributed by atoms with Gasteiger partial charge in [-0.1, -0.05) is 64.7 Å². The van der Waals surface area contributed by atoms with Crippen LogP contribution in [0.25, 0.3) is 0 Å². The van der Waals surface area contributed by atoms with Crippen molar-refractivity contribution in [1.82, 2.24) is 0 Å². The van der Waals surface area contributed by atoms with E-state index in [9.17, 15) is 0 Å². The molecular weight excluding hydrogens is 212 g/mol. The zero-order valence-corrected chi connectivity index (χ0v) is 11.8. The highest BCUT2D eigenvalue weighted by atomic mass is 16.5. The van der Waals surface area contributed by atoms with Gasteiger partial charge in [-0.3, -0.25) is 0 Å². The molecule has 0 spiro atoms. The Morgan fingerprint density at radius 3 is 1.65 bits per heavy atom. The number of hydrogen-bond acceptors (Lipinski definition) is 2. The fraction of sp³-hybridized carbons (Fsp3) is 1.00. The molecule has 0 saturated heterocycles. The van der Waals surface area contributed by atoms with Gasteiger partial charge >= 0.3 is 0 Å². The van der Waals surface area contributed by atoms with Gasteiger partial charge in [0.15, 0.2) is 0 Å². The molecular formula is C15H32O2. The number of ether oxygens (including phenoxy) is 1. The summed E-state index contributed by atoms with van der Waals surface area (Å²) in [5.41, 5.74) is 0. The Labute approximate surface area is 108 Å². The Kier molecular flexibility index (Phi) is 15.8. The second-order valence-corrected chi connectivity index (χ2v) is 4.87. The summed E-state index contributed by atoms with van der Waals surface area (Å²) in [5, 5.41) is 8.56. The van der Waals surface area contributed by atoms with E-state index in [2.05, 4.69) is 6.92 Å². The smallest absolute Gasteiger partial charge is 0.0487 e. The fourth-order valence-corrected chi connectivity index (χ4v) is 1.96. The average molecular weight is 244 g/mol. The second-order valence-electron chi connectivity index (χ2n) is 4.87. The van der Waals surface area contributed by atoms with E-state index in [-0.39, 0.29) is 6.61 Å². The van der Waals surface area contributed by atoms with Crippen LogP contribution in [-0.4, -0.2) is 24.9 Å². The minimum absolute atomic E-state index is 0.248. The first-order chi connectivity index (χ1) is 8.41. The van der Waals surface area contributed by atoms with Crippen LogP contribution in [0.3, 0.4) is 0 Å². The zero-order valence-electron chi connectivity index (χ0n) is 11.8. The Hall–Kier alpha value is -0.0800. The van der Waals surface area contributed by atoms with Crippen LogP contribution in [0.15, 0.2) is 0 Å². The molecule has 17 heavy (non-hydrogen) atoms. The minimum Gasteiger partial charge on any atom is -0.396 e. The van der Waals surface area contributed by atoms with E-state index in [1.165, 1.54) is 64.2 Å². The Morgan fingerprint density at radius 2 is 1.12 bits per heavy atom. The molecule has 0 radical (unpaired) electrons. The van der Waals surface area contributed by atoms with Crippen molar-refractivity contribution in [2.45, 2.75) is 77.6 Å². The van der Waals surface area contributed by atoms with Gasteiger partial charge in [-0.05, 0) is 12.8 Å². The maximum Gasteiger partial charge on any atom is 0.0487 e. The van der Waals surface area contributed by atoms with Crippen molar-refractivity contribution < 1.29 is 9.84 Å². The van der Waals surface area contributed by atoms with Crippen LogP contribution in [0.4, 0.5) is 0 Å². The molecule has 0 unspecified atom stereocenters. The van der Waals surface area contributed by atoms with E-state index in [0.717, 1.165) is 13.0 Å². The van der Waals surface area contributed by atoms with Gasteiger partial charge in [0.2, 0.25) is 0 Å². The number of aliphatic hydroxyl groups excluding tert-OH is 1. The van der Waals surface area contributed by atoms with E-state index >= 15 is 0 Å². The van der Waals surface area contributed by atoms with E-state index in [0.29, 0.717) is 6.61 Å². The molecule has 0 aliphatic carbocycles. The van der Waals surface area contributed by atoms with Gasteiger partial charge in [0, 0.05) is 19.8 Å². The lowest BCUT2D eigenvalue weighted by molar-refractivity contribution is 0.112. The topological polar surface area (TPSA) is 29.5 Å². The SMILES string of the molecule is CCCCCCCCCCCCOCCCO. The molecule has 0 bridgehead atoms. The van der Waals surface area contributed by atoms with Gasteiger partial charge in [-0.25, -0.2) is 0 Å². The molecule has 0 rings (SSSR count). The van der Waals surface area contributed by atoms with Crippen LogP contribution in [-0.2, 0) is 4.74 Å². The first-order valence-corrected chi connectivity index (χ1v) is 7.60. The normalized spacial score (nSPS) is 10.9. The van der Waals surface area contributed by atoms with Crippen LogP contribution in [0.2, 0.25) is 0 Å². The minimum atomic E-state index is 0.248. The van der Waals surface area contributed by atoms with Gasteiger partial charge in [0.1, 0.15) is 0 Å². The molecule has 104 valence electrons. The standard InChI is InChI=1S/C15H32O2/c1-2-3-4-5-6-7-8-9-10-11-14-17-15-12-13-16/h16H,2-15H2,1H3. The Balaban J connectivity index is 2.85. The van der Waals surface area contributed by atoms with Gasteiger partial charge in [0.05, 0.1) is 0 Å². The number of aliphatic hydroxyl groups is 1. The summed E-state index contributed by atoms with van der Waals surface area (Å²) in [6.45, 7) is 4.10. The predicted octanol–water partition coefficient (Wildman–Crippen LogP) is 4.31. The third-order valence-electron chi connectivity index (χ3n) is 3.09. The molecule has 2 heteroatoms. The molecule has 0 saturated carbocycles. The first-order valence-electron chi connectivity index (χ1n) is 7.60. The van der Waals surface area contributed by atoms with Crippen LogP contribution >= 0.6 is 0 Å². The molecule has 1 N–H and O–H groups in total. The van der Waals surface area contributed by atoms with E-state index in [4.69, 9.17) is 9.84 Å². The summed E-state index contributed by atoms with van der Waals surface area (Å²) in [7, 11) is 0. The first kappa shape index (κ1) is 16.9. The van der Waals surface area contributed by atoms with E-state index < -0.39 is 0 Å². The molecule has 0 heterocycles. The maximum atomic E-state index is 8.56. The number of hydrogen-bond donors (Lipinski definition) is 1. The molecule has 0 aromatic rings. The highest BCUT2D eigenvalue weighted by molar-refractivity contribution is 4.47. The lowest BCUT2D eigenvalue weighted by Gasteiger charge is -2.03. The van der Waals surface area contributed by atoms with Crippen LogP contribution in [0.1, 0.15) is 77.6 Å². The van der Waals surface area contributed by atoms with Crippen LogP contribution in [0, 0.1) is 0 Å². The molecule has 0 aromatic heterocycles. The largest absolute Gasteiger partial charge is 0.396 e. The summed E-state index contributed by atoms with van der Waals surface area (Å²) >= 11 is 0. The summed E-state index contributed by atoms with van der Waals surface area (Å²) in [6, 6.07) is 0. The summed E-state index contributed by atoms with van der Waals surface area (Å²) < 4.78 is 5.39. The van der Waals surface area contributed by atoms with E-state index in [1.54, 1.807) is 0 Å². The van der Waals surface area contributed by atoms with Gasteiger partial charge < -0.3 is 9.84 Å². The van der Waals surface area contributed by atoms with Crippen molar-refractivity contribution in [1.29, 1.82) is 0 Å². The lowest BCUT2D eigenvalue weighted by atomic mass is 10.1. The predicted molar refractivity (Wildman–Crippen MR) is 74.4 cm³/mol. The third kappa shape index (κ3) is 15.9. The van der Waals surface area contributed by atoms with Crippen LogP contribution in [0.5, 0.6) is 0 Å². The molecule has 0 fully saturated rings. The molecule has 0 aliphatic heterocycles. The number of rotatable bonds is 14. The highest BCUT2D eigenvalue weighted by Gasteiger charge is 1.93. The molecule has 0 amide bonds. The summed E-state index contributed by atoms with van der Waals surface area (Å²) in [6.07, 6.45) is 14.4. The zero-order chi connectivity index (χ0) is 12.6. The monoisotopic (exact) mass is 244 g/mol. The van der Waals surface area contributed by atoms with E-state index in [1.807, 2.05) is 0 Å². The average Bonchev–Trinajstić information content (AvgIpc) is 2.35. The maximum absolute atomic E-state index is 8.56. The quantitative estimate of drug-likeness (QED) is 0.461. The van der Waals surface area contributed by atoms with Gasteiger partial charge in [-0.15, -0.1) is 0 Å². The van der Waals surface area contributed by atoms with Crippen molar-refractivity contribution in [2.24, 2.45) is 0 Å². The number of unbranched alkanes of at least 4 members (excludes halogenated alkanes) is 9. The summed E-state index contributed by atoms with van der Waals surface area (Å²) in [4.78, 5) is 0. The fourth-order valence-electron chi connectivity index (χ4n) is 1.96. The van der Waals surface area contributed by atoms with Crippen molar-refractivity contribution >= 4 is 0 Å². The van der Waals surface area contributed by atoms with Crippen molar-refractivity contribution in [3.63, 3.8) is 0 Å². The Bertz CT molecular complexity index is 112. The lowest BCUT2D eigenvalue weighted by Crippen LogP contribution is -1.98. The van der Waals surface area contributed by atoms with Crippen LogP contribution < -0.4 is 0 Å². The van der Waals surface area contributed by atoms with Crippen molar-refractivity contribution in [3.05, 3.63) is 0 Å².